The molecule has 0 amide bonds. The summed E-state index contributed by atoms with van der Waals surface area (Å²) in [7, 11) is 0. The molecule has 4 aliphatic carbocycles. The molecule has 3 heteroatoms. The minimum atomic E-state index is 0.172. The van der Waals surface area contributed by atoms with Crippen LogP contribution in [0, 0.1) is 29.1 Å². The number of aliphatic hydroxyl groups excluding tert-OH is 1. The second kappa shape index (κ2) is 5.74. The SMILES string of the molecule is C[C@]12CC[C@H]3[C@@H](CCC4=C(Cl)C(=O)CC[C@@H]43)[C@@H]1CC/C2=C\CO. The van der Waals surface area contributed by atoms with E-state index in [0.717, 1.165) is 37.0 Å². The second-order valence-corrected chi connectivity index (χ2v) is 8.67. The minimum absolute atomic E-state index is 0.172. The molecule has 2 nitrogen and oxygen atoms in total. The third kappa shape index (κ3) is 2.28. The average molecular weight is 335 g/mol. The number of carbonyl (C=O) groups is 1. The van der Waals surface area contributed by atoms with Crippen LogP contribution in [-0.4, -0.2) is 17.5 Å². The zero-order valence-electron chi connectivity index (χ0n) is 14.0. The van der Waals surface area contributed by atoms with Crippen molar-refractivity contribution in [2.75, 3.05) is 6.61 Å². The summed E-state index contributed by atoms with van der Waals surface area (Å²) in [4.78, 5) is 11.9. The third-order valence-electron chi connectivity index (χ3n) is 7.60. The second-order valence-electron chi connectivity index (χ2n) is 8.29. The summed E-state index contributed by atoms with van der Waals surface area (Å²) in [6.07, 6.45) is 10.9. The van der Waals surface area contributed by atoms with Gasteiger partial charge in [0.25, 0.3) is 0 Å². The number of ketones is 1. The molecule has 4 aliphatic rings. The summed E-state index contributed by atoms with van der Waals surface area (Å²) < 4.78 is 0. The topological polar surface area (TPSA) is 37.3 Å². The Bertz CT molecular complexity index is 590. The van der Waals surface area contributed by atoms with Crippen LogP contribution in [0.1, 0.15) is 58.3 Å². The van der Waals surface area contributed by atoms with Crippen molar-refractivity contribution in [1.29, 1.82) is 0 Å². The van der Waals surface area contributed by atoms with E-state index in [4.69, 9.17) is 11.6 Å². The number of Topliss-reactive ketones (excluding diaryl/α,β-unsaturated/α-hetero) is 1. The van der Waals surface area contributed by atoms with Gasteiger partial charge in [-0.3, -0.25) is 4.79 Å². The van der Waals surface area contributed by atoms with Crippen LogP contribution >= 0.6 is 11.6 Å². The lowest BCUT2D eigenvalue weighted by Gasteiger charge is -2.53. The fourth-order valence-electron chi connectivity index (χ4n) is 6.53. The first-order valence-electron chi connectivity index (χ1n) is 9.28. The van der Waals surface area contributed by atoms with Gasteiger partial charge in [-0.15, -0.1) is 0 Å². The van der Waals surface area contributed by atoms with E-state index < -0.39 is 0 Å². The Labute approximate surface area is 144 Å². The van der Waals surface area contributed by atoms with E-state index in [1.807, 2.05) is 0 Å². The van der Waals surface area contributed by atoms with E-state index in [0.29, 0.717) is 22.8 Å². The molecule has 0 aromatic carbocycles. The summed E-state index contributed by atoms with van der Waals surface area (Å²) in [5.41, 5.74) is 3.10. The lowest BCUT2D eigenvalue weighted by Crippen LogP contribution is -2.45. The van der Waals surface area contributed by atoms with Crippen LogP contribution in [0.3, 0.4) is 0 Å². The number of aliphatic hydroxyl groups is 1. The van der Waals surface area contributed by atoms with Crippen molar-refractivity contribution in [3.63, 3.8) is 0 Å². The van der Waals surface area contributed by atoms with E-state index in [1.54, 1.807) is 0 Å². The molecule has 5 atom stereocenters. The van der Waals surface area contributed by atoms with Crippen LogP contribution in [0.2, 0.25) is 0 Å². The van der Waals surface area contributed by atoms with E-state index in [2.05, 4.69) is 13.0 Å². The summed E-state index contributed by atoms with van der Waals surface area (Å²) in [5, 5.41) is 9.93. The Morgan fingerprint density at radius 3 is 2.78 bits per heavy atom. The molecule has 0 heterocycles. The van der Waals surface area contributed by atoms with Crippen molar-refractivity contribution in [2.24, 2.45) is 29.1 Å². The maximum atomic E-state index is 11.9. The van der Waals surface area contributed by atoms with Gasteiger partial charge in [-0.2, -0.15) is 0 Å². The van der Waals surface area contributed by atoms with E-state index >= 15 is 0 Å². The quantitative estimate of drug-likeness (QED) is 0.711. The van der Waals surface area contributed by atoms with Crippen molar-refractivity contribution in [3.05, 3.63) is 22.3 Å². The van der Waals surface area contributed by atoms with E-state index in [1.165, 1.54) is 36.8 Å². The first kappa shape index (κ1) is 15.9. The van der Waals surface area contributed by atoms with Gasteiger partial charge >= 0.3 is 0 Å². The van der Waals surface area contributed by atoms with Gasteiger partial charge in [0.1, 0.15) is 0 Å². The lowest BCUT2D eigenvalue weighted by atomic mass is 9.52. The molecule has 23 heavy (non-hydrogen) atoms. The molecular formula is C20H27ClO2. The van der Waals surface area contributed by atoms with Crippen LogP contribution in [0.25, 0.3) is 0 Å². The zero-order chi connectivity index (χ0) is 16.2. The molecule has 0 radical (unpaired) electrons. The molecule has 0 bridgehead atoms. The van der Waals surface area contributed by atoms with Crippen LogP contribution in [0.15, 0.2) is 22.3 Å². The number of rotatable bonds is 1. The van der Waals surface area contributed by atoms with Crippen LogP contribution in [0.5, 0.6) is 0 Å². The highest BCUT2D eigenvalue weighted by molar-refractivity contribution is 6.43. The predicted octanol–water partition coefficient (Wildman–Crippen LogP) is 4.61. The van der Waals surface area contributed by atoms with Crippen LogP contribution in [0.4, 0.5) is 0 Å². The summed E-state index contributed by atoms with van der Waals surface area (Å²) in [6, 6.07) is 0. The molecule has 0 aromatic rings. The summed E-state index contributed by atoms with van der Waals surface area (Å²) >= 11 is 6.37. The summed E-state index contributed by atoms with van der Waals surface area (Å²) in [5.74, 6) is 3.01. The van der Waals surface area contributed by atoms with E-state index in [-0.39, 0.29) is 12.4 Å². The van der Waals surface area contributed by atoms with Crippen molar-refractivity contribution in [1.82, 2.24) is 0 Å². The Kier molecular flexibility index (Phi) is 3.97. The van der Waals surface area contributed by atoms with Gasteiger partial charge in [0, 0.05) is 6.42 Å². The Hall–Kier alpha value is -0.600. The van der Waals surface area contributed by atoms with Crippen molar-refractivity contribution in [3.8, 4) is 0 Å². The van der Waals surface area contributed by atoms with Crippen molar-refractivity contribution >= 4 is 17.4 Å². The van der Waals surface area contributed by atoms with Crippen molar-refractivity contribution in [2.45, 2.75) is 58.3 Å². The number of hydrogen-bond acceptors (Lipinski definition) is 2. The molecule has 0 spiro atoms. The number of carbonyl (C=O) groups excluding carboxylic acids is 1. The number of allylic oxidation sites excluding steroid dienone is 2. The maximum absolute atomic E-state index is 11.9. The number of fused-ring (bicyclic) bond motifs is 5. The average Bonchev–Trinajstić information content (AvgIpc) is 2.88. The molecular weight excluding hydrogens is 308 g/mol. The molecule has 0 saturated heterocycles. The Morgan fingerprint density at radius 1 is 1.17 bits per heavy atom. The monoisotopic (exact) mass is 334 g/mol. The molecule has 3 saturated carbocycles. The fourth-order valence-corrected chi connectivity index (χ4v) is 6.86. The van der Waals surface area contributed by atoms with Crippen LogP contribution < -0.4 is 0 Å². The molecule has 0 unspecified atom stereocenters. The Morgan fingerprint density at radius 2 is 2.00 bits per heavy atom. The van der Waals surface area contributed by atoms with Gasteiger partial charge in [0.2, 0.25) is 0 Å². The maximum Gasteiger partial charge on any atom is 0.174 e. The highest BCUT2D eigenvalue weighted by Gasteiger charge is 2.54. The predicted molar refractivity (Wildman–Crippen MR) is 92.1 cm³/mol. The first-order valence-corrected chi connectivity index (χ1v) is 9.66. The van der Waals surface area contributed by atoms with Crippen molar-refractivity contribution < 1.29 is 9.90 Å². The standard InChI is InChI=1S/C20H27ClO2/c1-20-10-8-14-13-5-7-18(23)19(21)16(13)4-3-15(14)17(20)6-2-12(20)9-11-22/h9,13-15,17,22H,2-8,10-11H2,1H3/b12-9+/t13-,14-,15-,17+,20-/m1/s1. The highest BCUT2D eigenvalue weighted by Crippen LogP contribution is 2.63. The third-order valence-corrected chi connectivity index (χ3v) is 8.05. The minimum Gasteiger partial charge on any atom is -0.392 e. The number of hydrogen-bond donors (Lipinski definition) is 1. The van der Waals surface area contributed by atoms with Gasteiger partial charge in [-0.1, -0.05) is 30.2 Å². The largest absolute Gasteiger partial charge is 0.392 e. The molecule has 0 aromatic heterocycles. The number of halogens is 1. The Balaban J connectivity index is 1.64. The highest BCUT2D eigenvalue weighted by atomic mass is 35.5. The first-order chi connectivity index (χ1) is 11.1. The van der Waals surface area contributed by atoms with Gasteiger partial charge in [-0.05, 0) is 79.6 Å². The molecule has 4 rings (SSSR count). The summed E-state index contributed by atoms with van der Waals surface area (Å²) in [6.45, 7) is 2.62. The zero-order valence-corrected chi connectivity index (χ0v) is 14.7. The van der Waals surface area contributed by atoms with Gasteiger partial charge < -0.3 is 5.11 Å². The van der Waals surface area contributed by atoms with Gasteiger partial charge in [0.05, 0.1) is 11.6 Å². The van der Waals surface area contributed by atoms with Gasteiger partial charge in [0.15, 0.2) is 5.78 Å². The molecule has 3 fully saturated rings. The van der Waals surface area contributed by atoms with E-state index in [9.17, 15) is 9.90 Å². The molecule has 1 N–H and O–H groups in total. The van der Waals surface area contributed by atoms with Gasteiger partial charge in [-0.25, -0.2) is 0 Å². The smallest absolute Gasteiger partial charge is 0.174 e. The molecule has 126 valence electrons. The fraction of sp³-hybridized carbons (Fsp3) is 0.750. The lowest BCUT2D eigenvalue weighted by molar-refractivity contribution is -0.116. The molecule has 0 aliphatic heterocycles. The van der Waals surface area contributed by atoms with Crippen LogP contribution in [-0.2, 0) is 4.79 Å². The normalized spacial score (nSPS) is 45.0.